The maximum Gasteiger partial charge on any atom is 0.269 e. The smallest absolute Gasteiger partial charge is 0.269 e. The van der Waals surface area contributed by atoms with Gasteiger partial charge in [-0.1, -0.05) is 29.3 Å². The summed E-state index contributed by atoms with van der Waals surface area (Å²) in [6, 6.07) is 10.3. The van der Waals surface area contributed by atoms with E-state index in [4.69, 9.17) is 23.2 Å². The van der Waals surface area contributed by atoms with Gasteiger partial charge < -0.3 is 5.32 Å². The van der Waals surface area contributed by atoms with Crippen LogP contribution in [0.4, 0.5) is 11.4 Å². The normalized spacial score (nSPS) is 10.5. The molecule has 134 valence electrons. The highest BCUT2D eigenvalue weighted by molar-refractivity contribution is 6.44. The minimum absolute atomic E-state index is 0.0532. The number of nitrogens with zero attached hydrogens (tertiary/aromatic N) is 2. The number of benzene rings is 2. The second-order valence-electron chi connectivity index (χ2n) is 4.97. The van der Waals surface area contributed by atoms with Gasteiger partial charge in [0, 0.05) is 12.1 Å². The number of halogens is 2. The molecule has 0 saturated heterocycles. The molecule has 2 amide bonds. The first kappa shape index (κ1) is 19.4. The molecule has 0 aliphatic heterocycles. The van der Waals surface area contributed by atoms with E-state index in [1.54, 1.807) is 18.2 Å². The summed E-state index contributed by atoms with van der Waals surface area (Å²) in [4.78, 5) is 33.6. The number of anilines is 1. The second kappa shape index (κ2) is 8.93. The molecule has 0 heterocycles. The second-order valence-corrected chi connectivity index (χ2v) is 5.75. The third kappa shape index (κ3) is 5.54. The van der Waals surface area contributed by atoms with Crippen LogP contribution >= 0.6 is 23.2 Å². The van der Waals surface area contributed by atoms with Crippen LogP contribution in [0, 0.1) is 10.1 Å². The Kier molecular flexibility index (Phi) is 6.65. The Labute approximate surface area is 157 Å². The van der Waals surface area contributed by atoms with Gasteiger partial charge in [0.1, 0.15) is 6.42 Å². The molecule has 8 nitrogen and oxygen atoms in total. The monoisotopic (exact) mass is 394 g/mol. The number of hydrogen-bond acceptors (Lipinski definition) is 5. The molecule has 2 N–H and O–H groups in total. The Bertz CT molecular complexity index is 869. The zero-order valence-corrected chi connectivity index (χ0v) is 14.6. The molecule has 0 atom stereocenters. The Balaban J connectivity index is 1.85. The minimum Gasteiger partial charge on any atom is -0.324 e. The van der Waals surface area contributed by atoms with Crippen LogP contribution in [0.1, 0.15) is 12.0 Å². The zero-order chi connectivity index (χ0) is 19.1. The average molecular weight is 395 g/mol. The number of carbonyl (C=O) groups is 2. The molecule has 0 fully saturated rings. The van der Waals surface area contributed by atoms with Crippen molar-refractivity contribution in [3.63, 3.8) is 0 Å². The number of non-ortho nitro benzene ring substituents is 1. The van der Waals surface area contributed by atoms with Gasteiger partial charge in [-0.15, -0.1) is 0 Å². The van der Waals surface area contributed by atoms with Crippen LogP contribution in [0.15, 0.2) is 47.6 Å². The fourth-order valence-electron chi connectivity index (χ4n) is 1.84. The van der Waals surface area contributed by atoms with Crippen molar-refractivity contribution in [2.75, 3.05) is 5.32 Å². The van der Waals surface area contributed by atoms with Gasteiger partial charge in [0.25, 0.3) is 5.69 Å². The first-order valence-corrected chi connectivity index (χ1v) is 7.92. The van der Waals surface area contributed by atoms with Crippen LogP contribution in [0.3, 0.4) is 0 Å². The molecule has 0 saturated carbocycles. The molecule has 0 aliphatic carbocycles. The molecule has 0 spiro atoms. The summed E-state index contributed by atoms with van der Waals surface area (Å²) in [5, 5.41) is 17.2. The lowest BCUT2D eigenvalue weighted by molar-refractivity contribution is -0.384. The lowest BCUT2D eigenvalue weighted by atomic mass is 10.2. The average Bonchev–Trinajstić information content (AvgIpc) is 2.59. The Morgan fingerprint density at radius 2 is 1.81 bits per heavy atom. The van der Waals surface area contributed by atoms with Crippen LogP contribution in [0.2, 0.25) is 10.0 Å². The SMILES string of the molecule is O=C(CC(=O)Nc1cccc(Cl)c1Cl)NN=Cc1ccc([N+](=O)[O-])cc1. The highest BCUT2D eigenvalue weighted by Crippen LogP contribution is 2.29. The fourth-order valence-corrected chi connectivity index (χ4v) is 2.19. The number of nitro groups is 1. The van der Waals surface area contributed by atoms with Gasteiger partial charge in [0.15, 0.2) is 0 Å². The standard InChI is InChI=1S/C16H12Cl2N4O4/c17-12-2-1-3-13(16(12)18)20-14(23)8-15(24)21-19-9-10-4-6-11(7-5-10)22(25)26/h1-7,9H,8H2,(H,20,23)(H,21,24). The van der Waals surface area contributed by atoms with E-state index < -0.39 is 23.2 Å². The maximum atomic E-state index is 11.8. The largest absolute Gasteiger partial charge is 0.324 e. The summed E-state index contributed by atoms with van der Waals surface area (Å²) in [6.07, 6.45) is 0.827. The number of nitro benzene ring substituents is 1. The van der Waals surface area contributed by atoms with E-state index >= 15 is 0 Å². The predicted octanol–water partition coefficient (Wildman–Crippen LogP) is 3.38. The molecule has 26 heavy (non-hydrogen) atoms. The first-order chi connectivity index (χ1) is 12.4. The summed E-state index contributed by atoms with van der Waals surface area (Å²) in [5.41, 5.74) is 2.98. The van der Waals surface area contributed by atoms with E-state index in [-0.39, 0.29) is 15.7 Å². The molecule has 0 aromatic heterocycles. The van der Waals surface area contributed by atoms with E-state index in [2.05, 4.69) is 15.8 Å². The van der Waals surface area contributed by atoms with Crippen molar-refractivity contribution in [1.82, 2.24) is 5.43 Å². The van der Waals surface area contributed by atoms with Crippen molar-refractivity contribution in [1.29, 1.82) is 0 Å². The first-order valence-electron chi connectivity index (χ1n) is 7.17. The molecule has 2 rings (SSSR count). The number of hydrazone groups is 1. The molecule has 2 aromatic carbocycles. The molecule has 0 aliphatic rings. The van der Waals surface area contributed by atoms with Crippen LogP contribution in [0.25, 0.3) is 0 Å². The molecule has 0 radical (unpaired) electrons. The summed E-state index contributed by atoms with van der Waals surface area (Å²) in [6.45, 7) is 0. The van der Waals surface area contributed by atoms with Gasteiger partial charge in [-0.25, -0.2) is 5.43 Å². The number of amides is 2. The van der Waals surface area contributed by atoms with Crippen molar-refractivity contribution in [2.24, 2.45) is 5.10 Å². The van der Waals surface area contributed by atoms with Gasteiger partial charge >= 0.3 is 0 Å². The third-order valence-electron chi connectivity index (χ3n) is 3.05. The van der Waals surface area contributed by atoms with E-state index in [0.717, 1.165) is 0 Å². The van der Waals surface area contributed by atoms with E-state index in [1.165, 1.54) is 30.5 Å². The topological polar surface area (TPSA) is 114 Å². The van der Waals surface area contributed by atoms with Crippen LogP contribution in [0.5, 0.6) is 0 Å². The molecule has 10 heteroatoms. The van der Waals surface area contributed by atoms with Crippen molar-refractivity contribution in [2.45, 2.75) is 6.42 Å². The summed E-state index contributed by atoms with van der Waals surface area (Å²) < 4.78 is 0. The number of rotatable bonds is 6. The minimum atomic E-state index is -0.640. The molecule has 2 aromatic rings. The number of nitrogens with one attached hydrogen (secondary N) is 2. The van der Waals surface area contributed by atoms with E-state index in [9.17, 15) is 19.7 Å². The van der Waals surface area contributed by atoms with Gasteiger partial charge in [0.05, 0.1) is 26.9 Å². The van der Waals surface area contributed by atoms with Crippen molar-refractivity contribution in [3.05, 3.63) is 68.2 Å². The Hall–Kier alpha value is -2.97. The molecular weight excluding hydrogens is 383 g/mol. The summed E-state index contributed by atoms with van der Waals surface area (Å²) in [5.74, 6) is -1.23. The summed E-state index contributed by atoms with van der Waals surface area (Å²) in [7, 11) is 0. The van der Waals surface area contributed by atoms with Crippen molar-refractivity contribution < 1.29 is 14.5 Å². The lowest BCUT2D eigenvalue weighted by Crippen LogP contribution is -2.24. The fraction of sp³-hybridized carbons (Fsp3) is 0.0625. The predicted molar refractivity (Wildman–Crippen MR) is 98.5 cm³/mol. The third-order valence-corrected chi connectivity index (χ3v) is 3.87. The van der Waals surface area contributed by atoms with Crippen LogP contribution < -0.4 is 10.7 Å². The molecule has 0 bridgehead atoms. The number of carbonyl (C=O) groups excluding carboxylic acids is 2. The Morgan fingerprint density at radius 3 is 2.46 bits per heavy atom. The highest BCUT2D eigenvalue weighted by Gasteiger charge is 2.12. The van der Waals surface area contributed by atoms with Gasteiger partial charge in [-0.2, -0.15) is 5.10 Å². The Morgan fingerprint density at radius 1 is 1.12 bits per heavy atom. The lowest BCUT2D eigenvalue weighted by Gasteiger charge is -2.07. The van der Waals surface area contributed by atoms with Gasteiger partial charge in [-0.3, -0.25) is 19.7 Å². The quantitative estimate of drug-likeness (QED) is 0.338. The highest BCUT2D eigenvalue weighted by atomic mass is 35.5. The molecular formula is C16H12Cl2N4O4. The van der Waals surface area contributed by atoms with Crippen molar-refractivity contribution >= 4 is 52.6 Å². The van der Waals surface area contributed by atoms with Gasteiger partial charge in [-0.05, 0) is 29.8 Å². The number of hydrogen-bond donors (Lipinski definition) is 2. The zero-order valence-electron chi connectivity index (χ0n) is 13.1. The molecule has 0 unspecified atom stereocenters. The maximum absolute atomic E-state index is 11.8. The van der Waals surface area contributed by atoms with Crippen LogP contribution in [-0.4, -0.2) is 23.0 Å². The van der Waals surface area contributed by atoms with E-state index in [0.29, 0.717) is 11.3 Å². The van der Waals surface area contributed by atoms with Crippen molar-refractivity contribution in [3.8, 4) is 0 Å². The van der Waals surface area contributed by atoms with Gasteiger partial charge in [0.2, 0.25) is 11.8 Å². The summed E-state index contributed by atoms with van der Waals surface area (Å²) >= 11 is 11.8. The van der Waals surface area contributed by atoms with Crippen LogP contribution in [-0.2, 0) is 9.59 Å². The van der Waals surface area contributed by atoms with E-state index in [1.807, 2.05) is 0 Å².